The molecule has 1 aromatic rings. The summed E-state index contributed by atoms with van der Waals surface area (Å²) in [5.41, 5.74) is 1.10. The first kappa shape index (κ1) is 10.3. The van der Waals surface area contributed by atoms with Crippen molar-refractivity contribution in [2.24, 2.45) is 0 Å². The van der Waals surface area contributed by atoms with Gasteiger partial charge in [0.25, 0.3) is 0 Å². The van der Waals surface area contributed by atoms with Crippen LogP contribution in [0.2, 0.25) is 0 Å². The van der Waals surface area contributed by atoms with Crippen LogP contribution in [0.4, 0.5) is 4.39 Å². The summed E-state index contributed by atoms with van der Waals surface area (Å²) >= 11 is 3.97. The molecule has 0 spiro atoms. The maximum Gasteiger partial charge on any atom is 0.130 e. The third-order valence-electron chi connectivity index (χ3n) is 1.65. The largest absolute Gasteiger partial charge is 0.392 e. The third-order valence-corrected chi connectivity index (χ3v) is 1.86. The Balaban J connectivity index is 2.91. The van der Waals surface area contributed by atoms with E-state index in [1.54, 1.807) is 24.3 Å². The highest BCUT2D eigenvalue weighted by Gasteiger charge is 1.99. The number of benzene rings is 1. The fourth-order valence-electron chi connectivity index (χ4n) is 0.984. The molecule has 1 aromatic carbocycles. The van der Waals surface area contributed by atoms with E-state index in [4.69, 9.17) is 5.11 Å². The van der Waals surface area contributed by atoms with E-state index in [0.717, 1.165) is 0 Å². The Hall–Kier alpha value is -0.800. The zero-order valence-corrected chi connectivity index (χ0v) is 7.97. The number of hydrogen-bond acceptors (Lipinski definition) is 2. The number of halogens is 1. The van der Waals surface area contributed by atoms with Gasteiger partial charge in [-0.15, -0.1) is 0 Å². The van der Waals surface area contributed by atoms with E-state index in [2.05, 4.69) is 12.6 Å². The summed E-state index contributed by atoms with van der Waals surface area (Å²) < 4.78 is 13.2. The molecular weight excluding hydrogens is 187 g/mol. The summed E-state index contributed by atoms with van der Waals surface area (Å²) in [5, 5.41) is 8.73. The second-order valence-electron chi connectivity index (χ2n) is 2.60. The topological polar surface area (TPSA) is 20.2 Å². The first-order valence-corrected chi connectivity index (χ1v) is 4.58. The molecular formula is C10H11FOS. The minimum atomic E-state index is -0.315. The van der Waals surface area contributed by atoms with Crippen molar-refractivity contribution in [2.45, 2.75) is 6.61 Å². The van der Waals surface area contributed by atoms with E-state index in [1.165, 1.54) is 6.07 Å². The number of aliphatic hydroxyl groups is 1. The Bertz CT molecular complexity index is 310. The summed E-state index contributed by atoms with van der Waals surface area (Å²) in [6.45, 7) is -0.131. The molecule has 0 fully saturated rings. The quantitative estimate of drug-likeness (QED) is 0.714. The Kier molecular flexibility index (Phi) is 3.99. The first-order chi connectivity index (χ1) is 6.27. The second kappa shape index (κ2) is 5.04. The van der Waals surface area contributed by atoms with Gasteiger partial charge < -0.3 is 5.11 Å². The minimum absolute atomic E-state index is 0.131. The average Bonchev–Trinajstić information content (AvgIpc) is 2.16. The van der Waals surface area contributed by atoms with Crippen molar-refractivity contribution >= 4 is 18.7 Å². The number of hydrogen-bond donors (Lipinski definition) is 2. The van der Waals surface area contributed by atoms with Crippen molar-refractivity contribution in [3.63, 3.8) is 0 Å². The summed E-state index contributed by atoms with van der Waals surface area (Å²) in [6, 6.07) is 4.67. The van der Waals surface area contributed by atoms with Crippen LogP contribution in [0.25, 0.3) is 6.08 Å². The second-order valence-corrected chi connectivity index (χ2v) is 2.96. The summed E-state index contributed by atoms with van der Waals surface area (Å²) in [7, 11) is 0. The lowest BCUT2D eigenvalue weighted by Crippen LogP contribution is -1.87. The summed E-state index contributed by atoms with van der Waals surface area (Å²) in [6.07, 6.45) is 3.43. The van der Waals surface area contributed by atoms with Gasteiger partial charge in [-0.25, -0.2) is 4.39 Å². The molecule has 0 heterocycles. The Morgan fingerprint density at radius 3 is 2.77 bits per heavy atom. The number of rotatable bonds is 3. The SMILES string of the molecule is OCc1ccc(C=CCS)c(F)c1. The van der Waals surface area contributed by atoms with Crippen molar-refractivity contribution < 1.29 is 9.50 Å². The van der Waals surface area contributed by atoms with E-state index < -0.39 is 0 Å². The van der Waals surface area contributed by atoms with Crippen molar-refractivity contribution in [3.8, 4) is 0 Å². The van der Waals surface area contributed by atoms with Gasteiger partial charge in [0.15, 0.2) is 0 Å². The molecule has 0 aliphatic rings. The van der Waals surface area contributed by atoms with Gasteiger partial charge in [0.1, 0.15) is 5.82 Å². The Morgan fingerprint density at radius 1 is 1.46 bits per heavy atom. The molecule has 0 amide bonds. The van der Waals surface area contributed by atoms with E-state index in [-0.39, 0.29) is 12.4 Å². The van der Waals surface area contributed by atoms with Crippen molar-refractivity contribution in [3.05, 3.63) is 41.2 Å². The van der Waals surface area contributed by atoms with E-state index in [9.17, 15) is 4.39 Å². The predicted molar refractivity (Wildman–Crippen MR) is 55.2 cm³/mol. The molecule has 0 unspecified atom stereocenters. The van der Waals surface area contributed by atoms with Gasteiger partial charge >= 0.3 is 0 Å². The maximum absolute atomic E-state index is 13.2. The van der Waals surface area contributed by atoms with Crippen LogP contribution in [-0.2, 0) is 6.61 Å². The molecule has 0 aliphatic heterocycles. The average molecular weight is 198 g/mol. The van der Waals surface area contributed by atoms with Gasteiger partial charge in [0.05, 0.1) is 6.61 Å². The lowest BCUT2D eigenvalue weighted by Gasteiger charge is -1.99. The van der Waals surface area contributed by atoms with Crippen LogP contribution in [0.1, 0.15) is 11.1 Å². The van der Waals surface area contributed by atoms with E-state index in [1.807, 2.05) is 0 Å². The normalized spacial score (nSPS) is 11.0. The zero-order chi connectivity index (χ0) is 9.68. The standard InChI is InChI=1S/C10H11FOS/c11-10-6-8(7-12)3-4-9(10)2-1-5-13/h1-4,6,12-13H,5,7H2. The van der Waals surface area contributed by atoms with Crippen LogP contribution in [0.5, 0.6) is 0 Å². The van der Waals surface area contributed by atoms with Gasteiger partial charge in [-0.2, -0.15) is 12.6 Å². The minimum Gasteiger partial charge on any atom is -0.392 e. The van der Waals surface area contributed by atoms with Crippen LogP contribution >= 0.6 is 12.6 Å². The number of aliphatic hydroxyl groups excluding tert-OH is 1. The number of thiol groups is 1. The van der Waals surface area contributed by atoms with Crippen LogP contribution < -0.4 is 0 Å². The molecule has 0 aliphatic carbocycles. The lowest BCUT2D eigenvalue weighted by atomic mass is 10.1. The molecule has 70 valence electrons. The van der Waals surface area contributed by atoms with Crippen molar-refractivity contribution in [2.75, 3.05) is 5.75 Å². The molecule has 13 heavy (non-hydrogen) atoms. The first-order valence-electron chi connectivity index (χ1n) is 3.94. The van der Waals surface area contributed by atoms with Gasteiger partial charge in [-0.05, 0) is 11.6 Å². The van der Waals surface area contributed by atoms with E-state index in [0.29, 0.717) is 16.9 Å². The Morgan fingerprint density at radius 2 is 2.23 bits per heavy atom. The monoisotopic (exact) mass is 198 g/mol. The van der Waals surface area contributed by atoms with Crippen LogP contribution in [0.3, 0.4) is 0 Å². The van der Waals surface area contributed by atoms with Crippen LogP contribution in [-0.4, -0.2) is 10.9 Å². The molecule has 0 saturated carbocycles. The maximum atomic E-state index is 13.2. The predicted octanol–water partition coefficient (Wildman–Crippen LogP) is 2.26. The van der Waals surface area contributed by atoms with Gasteiger partial charge in [-0.1, -0.05) is 24.3 Å². The van der Waals surface area contributed by atoms with Gasteiger partial charge in [-0.3, -0.25) is 0 Å². The molecule has 1 nitrogen and oxygen atoms in total. The molecule has 0 radical (unpaired) electrons. The molecule has 1 N–H and O–H groups in total. The van der Waals surface area contributed by atoms with Gasteiger partial charge in [0, 0.05) is 11.3 Å². The molecule has 0 atom stereocenters. The van der Waals surface area contributed by atoms with Crippen LogP contribution in [0.15, 0.2) is 24.3 Å². The molecule has 3 heteroatoms. The molecule has 0 aromatic heterocycles. The van der Waals surface area contributed by atoms with Crippen molar-refractivity contribution in [1.29, 1.82) is 0 Å². The fourth-order valence-corrected chi connectivity index (χ4v) is 1.09. The third kappa shape index (κ3) is 2.86. The van der Waals surface area contributed by atoms with Gasteiger partial charge in [0.2, 0.25) is 0 Å². The summed E-state index contributed by atoms with van der Waals surface area (Å²) in [5.74, 6) is 0.269. The Labute approximate surface area is 82.3 Å². The highest BCUT2D eigenvalue weighted by molar-refractivity contribution is 7.80. The van der Waals surface area contributed by atoms with Crippen molar-refractivity contribution in [1.82, 2.24) is 0 Å². The molecule has 0 saturated heterocycles. The molecule has 0 bridgehead atoms. The highest BCUT2D eigenvalue weighted by atomic mass is 32.1. The highest BCUT2D eigenvalue weighted by Crippen LogP contribution is 2.12. The molecule has 1 rings (SSSR count). The van der Waals surface area contributed by atoms with Crippen LogP contribution in [0, 0.1) is 5.82 Å². The fraction of sp³-hybridized carbons (Fsp3) is 0.200. The lowest BCUT2D eigenvalue weighted by molar-refractivity contribution is 0.281. The zero-order valence-electron chi connectivity index (χ0n) is 7.07. The summed E-state index contributed by atoms with van der Waals surface area (Å²) in [4.78, 5) is 0. The smallest absolute Gasteiger partial charge is 0.130 e. The van der Waals surface area contributed by atoms with E-state index >= 15 is 0 Å².